The summed E-state index contributed by atoms with van der Waals surface area (Å²) in [6.07, 6.45) is 0. The summed E-state index contributed by atoms with van der Waals surface area (Å²) in [4.78, 5) is 33.6. The number of halogens is 2. The average molecular weight is 419 g/mol. The van der Waals surface area contributed by atoms with Crippen LogP contribution in [0.2, 0.25) is 5.02 Å². The van der Waals surface area contributed by atoms with Crippen molar-refractivity contribution < 1.29 is 13.9 Å². The Balaban J connectivity index is 1.75. The van der Waals surface area contributed by atoms with E-state index >= 15 is 0 Å². The number of anilines is 1. The lowest BCUT2D eigenvalue weighted by Gasteiger charge is -2.21. The number of nitrogens with one attached hydrogen (secondary N) is 2. The van der Waals surface area contributed by atoms with E-state index in [0.717, 1.165) is 0 Å². The van der Waals surface area contributed by atoms with Crippen LogP contribution >= 0.6 is 11.6 Å². The fraction of sp³-hybridized carbons (Fsp3) is 0.250. The van der Waals surface area contributed by atoms with Crippen molar-refractivity contribution in [1.82, 2.24) is 14.9 Å². The van der Waals surface area contributed by atoms with E-state index in [-0.39, 0.29) is 24.3 Å². The molecule has 7 nitrogen and oxygen atoms in total. The van der Waals surface area contributed by atoms with Gasteiger partial charge in [0.25, 0.3) is 5.56 Å². The summed E-state index contributed by atoms with van der Waals surface area (Å²) in [6.45, 7) is 0.954. The van der Waals surface area contributed by atoms with E-state index in [1.165, 1.54) is 18.2 Å². The first-order chi connectivity index (χ1) is 14.0. The second-order valence-corrected chi connectivity index (χ2v) is 6.84. The highest BCUT2D eigenvalue weighted by Gasteiger charge is 2.15. The van der Waals surface area contributed by atoms with E-state index in [1.54, 1.807) is 36.3 Å². The number of aromatic nitrogens is 2. The highest BCUT2D eigenvalue weighted by molar-refractivity contribution is 6.30. The molecule has 0 bridgehead atoms. The topological polar surface area (TPSA) is 87.3 Å². The highest BCUT2D eigenvalue weighted by atomic mass is 35.5. The molecule has 29 heavy (non-hydrogen) atoms. The van der Waals surface area contributed by atoms with Gasteiger partial charge in [-0.05, 0) is 30.3 Å². The molecule has 0 unspecified atom stereocenters. The molecule has 152 valence electrons. The summed E-state index contributed by atoms with van der Waals surface area (Å²) in [5.74, 6) is -0.580. The molecule has 2 aromatic carbocycles. The Kier molecular flexibility index (Phi) is 6.92. The van der Waals surface area contributed by atoms with Crippen LogP contribution in [-0.2, 0) is 16.1 Å². The molecule has 3 rings (SSSR count). The second kappa shape index (κ2) is 9.60. The SMILES string of the molecule is COCCN(CC(=O)Nc1cc(Cl)ccc1F)Cc1nc2ccccc2c(=O)[nH]1. The van der Waals surface area contributed by atoms with E-state index in [9.17, 15) is 14.0 Å². The zero-order valence-corrected chi connectivity index (χ0v) is 16.5. The smallest absolute Gasteiger partial charge is 0.258 e. The molecule has 0 aliphatic carbocycles. The van der Waals surface area contributed by atoms with Crippen LogP contribution in [0.5, 0.6) is 0 Å². The number of hydrogen-bond donors (Lipinski definition) is 2. The molecule has 0 aliphatic rings. The van der Waals surface area contributed by atoms with Gasteiger partial charge in [0.05, 0.1) is 36.3 Å². The summed E-state index contributed by atoms with van der Waals surface area (Å²) in [6, 6.07) is 10.9. The lowest BCUT2D eigenvalue weighted by molar-refractivity contribution is -0.117. The minimum Gasteiger partial charge on any atom is -0.383 e. The van der Waals surface area contributed by atoms with Gasteiger partial charge in [-0.1, -0.05) is 23.7 Å². The summed E-state index contributed by atoms with van der Waals surface area (Å²) in [5, 5.41) is 3.32. The van der Waals surface area contributed by atoms with Crippen LogP contribution in [0.4, 0.5) is 10.1 Å². The van der Waals surface area contributed by atoms with Crippen LogP contribution in [0.15, 0.2) is 47.3 Å². The number of para-hydroxylation sites is 1. The predicted octanol–water partition coefficient (Wildman–Crippen LogP) is 2.80. The third-order valence-corrected chi connectivity index (χ3v) is 4.45. The standard InChI is InChI=1S/C20H20ClFN4O3/c1-29-9-8-26(12-19(27)24-17-10-13(21)6-7-15(17)22)11-18-23-16-5-3-2-4-14(16)20(28)25-18/h2-7,10H,8-9,11-12H2,1H3,(H,24,27)(H,23,25,28). The molecule has 1 heterocycles. The molecule has 0 fully saturated rings. The van der Waals surface area contributed by atoms with Crippen molar-refractivity contribution >= 4 is 34.1 Å². The molecule has 9 heteroatoms. The lowest BCUT2D eigenvalue weighted by atomic mass is 10.2. The molecule has 3 aromatic rings. The van der Waals surface area contributed by atoms with Crippen LogP contribution in [0, 0.1) is 5.82 Å². The molecular weight excluding hydrogens is 399 g/mol. The Labute approximate surface area is 171 Å². The number of ether oxygens (including phenoxy) is 1. The van der Waals surface area contributed by atoms with Crippen molar-refractivity contribution in [2.75, 3.05) is 32.1 Å². The maximum atomic E-state index is 13.9. The first-order valence-electron chi connectivity index (χ1n) is 8.90. The third-order valence-electron chi connectivity index (χ3n) is 4.22. The fourth-order valence-electron chi connectivity index (χ4n) is 2.84. The van der Waals surface area contributed by atoms with Crippen molar-refractivity contribution in [2.24, 2.45) is 0 Å². The monoisotopic (exact) mass is 418 g/mol. The number of rotatable bonds is 8. The molecule has 0 atom stereocenters. The van der Waals surface area contributed by atoms with Crippen molar-refractivity contribution in [2.45, 2.75) is 6.54 Å². The summed E-state index contributed by atoms with van der Waals surface area (Å²) in [7, 11) is 1.55. The third kappa shape index (κ3) is 5.60. The Morgan fingerprint density at radius 3 is 2.90 bits per heavy atom. The number of benzene rings is 2. The van der Waals surface area contributed by atoms with Gasteiger partial charge >= 0.3 is 0 Å². The summed E-state index contributed by atoms with van der Waals surface area (Å²) >= 11 is 5.86. The van der Waals surface area contributed by atoms with Gasteiger partial charge in [0.2, 0.25) is 5.91 Å². The zero-order valence-electron chi connectivity index (χ0n) is 15.7. The van der Waals surface area contributed by atoms with Crippen LogP contribution in [0.25, 0.3) is 10.9 Å². The Morgan fingerprint density at radius 1 is 1.31 bits per heavy atom. The Hall–Kier alpha value is -2.81. The number of amides is 1. The normalized spacial score (nSPS) is 11.2. The molecule has 0 aliphatic heterocycles. The first kappa shape index (κ1) is 20.9. The maximum absolute atomic E-state index is 13.9. The molecule has 0 radical (unpaired) electrons. The minimum absolute atomic E-state index is 0.00595. The molecular formula is C20H20ClFN4O3. The van der Waals surface area contributed by atoms with Crippen molar-refractivity contribution in [3.8, 4) is 0 Å². The van der Waals surface area contributed by atoms with Gasteiger partial charge in [-0.2, -0.15) is 0 Å². The number of nitrogens with zero attached hydrogens (tertiary/aromatic N) is 2. The van der Waals surface area contributed by atoms with Gasteiger partial charge in [-0.15, -0.1) is 0 Å². The van der Waals surface area contributed by atoms with E-state index in [2.05, 4.69) is 15.3 Å². The van der Waals surface area contributed by atoms with Gasteiger partial charge in [-0.25, -0.2) is 9.37 Å². The Morgan fingerprint density at radius 2 is 2.10 bits per heavy atom. The zero-order chi connectivity index (χ0) is 20.8. The van der Waals surface area contributed by atoms with Gasteiger partial charge in [0, 0.05) is 18.7 Å². The maximum Gasteiger partial charge on any atom is 0.258 e. The summed E-state index contributed by atoms with van der Waals surface area (Å²) < 4.78 is 18.9. The van der Waals surface area contributed by atoms with Gasteiger partial charge in [0.15, 0.2) is 0 Å². The fourth-order valence-corrected chi connectivity index (χ4v) is 3.01. The number of H-pyrrole nitrogens is 1. The summed E-state index contributed by atoms with van der Waals surface area (Å²) in [5.41, 5.74) is 0.331. The average Bonchev–Trinajstić information content (AvgIpc) is 2.69. The number of hydrogen-bond acceptors (Lipinski definition) is 5. The van der Waals surface area contributed by atoms with Crippen LogP contribution < -0.4 is 10.9 Å². The minimum atomic E-state index is -0.577. The number of carbonyl (C=O) groups excluding carboxylic acids is 1. The van der Waals surface area contributed by atoms with Crippen molar-refractivity contribution in [3.63, 3.8) is 0 Å². The highest BCUT2D eigenvalue weighted by Crippen LogP contribution is 2.19. The molecule has 0 saturated heterocycles. The van der Waals surface area contributed by atoms with E-state index in [1.807, 2.05) is 0 Å². The number of carbonyl (C=O) groups is 1. The molecule has 0 spiro atoms. The largest absolute Gasteiger partial charge is 0.383 e. The quantitative estimate of drug-likeness (QED) is 0.587. The van der Waals surface area contributed by atoms with E-state index in [4.69, 9.17) is 16.3 Å². The predicted molar refractivity (Wildman–Crippen MR) is 110 cm³/mol. The van der Waals surface area contributed by atoms with Gasteiger partial charge in [-0.3, -0.25) is 14.5 Å². The van der Waals surface area contributed by atoms with Gasteiger partial charge in [0.1, 0.15) is 11.6 Å². The van der Waals surface area contributed by atoms with Crippen LogP contribution in [-0.4, -0.2) is 47.6 Å². The van der Waals surface area contributed by atoms with Crippen LogP contribution in [0.3, 0.4) is 0 Å². The number of methoxy groups -OCH3 is 1. The van der Waals surface area contributed by atoms with E-state index in [0.29, 0.717) is 34.9 Å². The van der Waals surface area contributed by atoms with Crippen molar-refractivity contribution in [1.29, 1.82) is 0 Å². The molecule has 1 amide bonds. The molecule has 2 N–H and O–H groups in total. The lowest BCUT2D eigenvalue weighted by Crippen LogP contribution is -2.36. The first-order valence-corrected chi connectivity index (χ1v) is 9.28. The van der Waals surface area contributed by atoms with Crippen molar-refractivity contribution in [3.05, 3.63) is 69.5 Å². The van der Waals surface area contributed by atoms with Crippen LogP contribution in [0.1, 0.15) is 5.82 Å². The van der Waals surface area contributed by atoms with Gasteiger partial charge < -0.3 is 15.0 Å². The second-order valence-electron chi connectivity index (χ2n) is 6.41. The number of fused-ring (bicyclic) bond motifs is 1. The molecule has 1 aromatic heterocycles. The van der Waals surface area contributed by atoms with E-state index < -0.39 is 11.7 Å². The molecule has 0 saturated carbocycles. The number of aromatic amines is 1. The Bertz CT molecular complexity index is 1070.